The number of hydrogen-bond donors (Lipinski definition) is 1. The van der Waals surface area contributed by atoms with Gasteiger partial charge in [-0.3, -0.25) is 19.6 Å². The first-order valence-corrected chi connectivity index (χ1v) is 10.9. The Morgan fingerprint density at radius 1 is 1.27 bits per heavy atom. The number of benzene rings is 2. The van der Waals surface area contributed by atoms with E-state index in [1.54, 1.807) is 11.0 Å². The molecule has 1 aliphatic heterocycles. The van der Waals surface area contributed by atoms with Crippen LogP contribution in [0.5, 0.6) is 5.75 Å². The third-order valence-corrected chi connectivity index (χ3v) is 6.34. The first-order valence-electron chi connectivity index (χ1n) is 9.46. The summed E-state index contributed by atoms with van der Waals surface area (Å²) in [5, 5.41) is 11.0. The number of piperidine rings is 1. The molecular weight excluding hydrogens is 410 g/mol. The first-order chi connectivity index (χ1) is 14.2. The van der Waals surface area contributed by atoms with Crippen LogP contribution in [0.4, 0.5) is 11.4 Å². The third-order valence-electron chi connectivity index (χ3n) is 4.97. The number of nitrogens with one attached hydrogen (secondary N) is 1. The number of non-ortho nitro benzene ring substituents is 1. The molecule has 2 aromatic carbocycles. The largest absolute Gasteiger partial charge is 0.495 e. The lowest BCUT2D eigenvalue weighted by molar-refractivity contribution is -0.384. The molecule has 1 fully saturated rings. The molecule has 1 atom stereocenters. The molecule has 3 rings (SSSR count). The first kappa shape index (κ1) is 21.6. The van der Waals surface area contributed by atoms with Gasteiger partial charge in [0.05, 0.1) is 22.6 Å². The molecule has 160 valence electrons. The van der Waals surface area contributed by atoms with E-state index < -0.39 is 14.9 Å². The molecule has 0 aliphatic carbocycles. The summed E-state index contributed by atoms with van der Waals surface area (Å²) in [5.41, 5.74) is -0.0667. The molecule has 30 heavy (non-hydrogen) atoms. The molecule has 0 aromatic heterocycles. The van der Waals surface area contributed by atoms with Crippen LogP contribution in [0.25, 0.3) is 0 Å². The highest BCUT2D eigenvalue weighted by molar-refractivity contribution is 7.92. The number of nitrogens with zero attached hydrogens (tertiary/aromatic N) is 2. The zero-order valence-electron chi connectivity index (χ0n) is 16.7. The van der Waals surface area contributed by atoms with Crippen molar-refractivity contribution in [3.63, 3.8) is 0 Å². The number of methoxy groups -OCH3 is 1. The van der Waals surface area contributed by atoms with Crippen LogP contribution < -0.4 is 9.46 Å². The predicted octanol–water partition coefficient (Wildman–Crippen LogP) is 3.28. The second-order valence-corrected chi connectivity index (χ2v) is 8.96. The monoisotopic (exact) mass is 433 g/mol. The smallest absolute Gasteiger partial charge is 0.271 e. The number of carbonyl (C=O) groups excluding carboxylic acids is 1. The van der Waals surface area contributed by atoms with Crippen LogP contribution in [0, 0.1) is 16.0 Å². The average molecular weight is 433 g/mol. The van der Waals surface area contributed by atoms with Gasteiger partial charge in [0.1, 0.15) is 5.75 Å². The van der Waals surface area contributed by atoms with E-state index in [4.69, 9.17) is 4.74 Å². The second kappa shape index (κ2) is 8.70. The zero-order valence-corrected chi connectivity index (χ0v) is 17.5. The van der Waals surface area contributed by atoms with Crippen LogP contribution in [0.1, 0.15) is 30.1 Å². The molecule has 1 N–H and O–H groups in total. The van der Waals surface area contributed by atoms with Gasteiger partial charge in [0.15, 0.2) is 0 Å². The van der Waals surface area contributed by atoms with Gasteiger partial charge in [0.2, 0.25) is 0 Å². The molecule has 0 unspecified atom stereocenters. The minimum Gasteiger partial charge on any atom is -0.495 e. The van der Waals surface area contributed by atoms with Crippen LogP contribution in [0.3, 0.4) is 0 Å². The van der Waals surface area contributed by atoms with E-state index in [1.165, 1.54) is 37.4 Å². The minimum atomic E-state index is -4.11. The number of carbonyl (C=O) groups is 1. The number of rotatable bonds is 6. The maximum atomic E-state index is 12.9. The molecule has 0 radical (unpaired) electrons. The summed E-state index contributed by atoms with van der Waals surface area (Å²) in [5.74, 6) is 0.322. The summed E-state index contributed by atoms with van der Waals surface area (Å²) in [4.78, 5) is 24.8. The van der Waals surface area contributed by atoms with Crippen LogP contribution in [-0.2, 0) is 10.0 Å². The highest BCUT2D eigenvalue weighted by atomic mass is 32.2. The van der Waals surface area contributed by atoms with E-state index >= 15 is 0 Å². The minimum absolute atomic E-state index is 0.0618. The second-order valence-electron chi connectivity index (χ2n) is 7.27. The van der Waals surface area contributed by atoms with Crippen molar-refractivity contribution in [1.29, 1.82) is 0 Å². The molecule has 0 bridgehead atoms. The summed E-state index contributed by atoms with van der Waals surface area (Å²) >= 11 is 0. The van der Waals surface area contributed by atoms with Gasteiger partial charge in [-0.25, -0.2) is 8.42 Å². The summed E-state index contributed by atoms with van der Waals surface area (Å²) in [7, 11) is -2.78. The number of anilines is 1. The Morgan fingerprint density at radius 2 is 2.03 bits per heavy atom. The van der Waals surface area contributed by atoms with Crippen molar-refractivity contribution in [2.45, 2.75) is 24.7 Å². The van der Waals surface area contributed by atoms with Crippen molar-refractivity contribution in [3.8, 4) is 5.75 Å². The van der Waals surface area contributed by atoms with E-state index in [2.05, 4.69) is 11.6 Å². The average Bonchev–Trinajstić information content (AvgIpc) is 2.73. The molecule has 0 saturated carbocycles. The molecule has 0 spiro atoms. The van der Waals surface area contributed by atoms with Crippen LogP contribution in [0.15, 0.2) is 47.4 Å². The van der Waals surface area contributed by atoms with Gasteiger partial charge in [0.25, 0.3) is 21.6 Å². The molecule has 1 amide bonds. The van der Waals surface area contributed by atoms with E-state index in [0.717, 1.165) is 18.9 Å². The Labute approximate surface area is 174 Å². The molecule has 10 heteroatoms. The lowest BCUT2D eigenvalue weighted by atomic mass is 9.99. The van der Waals surface area contributed by atoms with E-state index in [-0.39, 0.29) is 33.5 Å². The summed E-state index contributed by atoms with van der Waals surface area (Å²) in [6, 6.07) is 9.37. The van der Waals surface area contributed by atoms with E-state index in [0.29, 0.717) is 19.0 Å². The third kappa shape index (κ3) is 4.70. The van der Waals surface area contributed by atoms with E-state index in [9.17, 15) is 23.3 Å². The maximum Gasteiger partial charge on any atom is 0.271 e. The summed E-state index contributed by atoms with van der Waals surface area (Å²) in [6.45, 7) is 3.36. The lowest BCUT2D eigenvalue weighted by Crippen LogP contribution is -2.39. The number of sulfonamides is 1. The Hall–Kier alpha value is -3.14. The molecule has 1 aliphatic rings. The molecule has 2 aromatic rings. The van der Waals surface area contributed by atoms with E-state index in [1.807, 2.05) is 0 Å². The molecule has 1 saturated heterocycles. The Morgan fingerprint density at radius 3 is 2.70 bits per heavy atom. The normalized spacial score (nSPS) is 16.7. The summed E-state index contributed by atoms with van der Waals surface area (Å²) < 4.78 is 33.2. The fourth-order valence-electron chi connectivity index (χ4n) is 3.45. The van der Waals surface area contributed by atoms with Gasteiger partial charge < -0.3 is 9.64 Å². The number of ether oxygens (including phenoxy) is 1. The van der Waals surface area contributed by atoms with Gasteiger partial charge >= 0.3 is 0 Å². The van der Waals surface area contributed by atoms with Crippen LogP contribution in [-0.4, -0.2) is 44.3 Å². The lowest BCUT2D eigenvalue weighted by Gasteiger charge is -2.31. The topological polar surface area (TPSA) is 119 Å². The predicted molar refractivity (Wildman–Crippen MR) is 111 cm³/mol. The fraction of sp³-hybridized carbons (Fsp3) is 0.350. The van der Waals surface area contributed by atoms with Gasteiger partial charge in [-0.15, -0.1) is 0 Å². The highest BCUT2D eigenvalue weighted by Crippen LogP contribution is 2.31. The van der Waals surface area contributed by atoms with Gasteiger partial charge in [-0.05, 0) is 43.0 Å². The molecule has 1 heterocycles. The van der Waals surface area contributed by atoms with Crippen molar-refractivity contribution >= 4 is 27.3 Å². The number of likely N-dealkylation sites (tertiary alicyclic amines) is 1. The van der Waals surface area contributed by atoms with Crippen molar-refractivity contribution < 1.29 is 22.9 Å². The Bertz CT molecular complexity index is 1070. The van der Waals surface area contributed by atoms with Gasteiger partial charge in [-0.2, -0.15) is 0 Å². The van der Waals surface area contributed by atoms with Crippen molar-refractivity contribution in [2.24, 2.45) is 5.92 Å². The number of nitro benzene ring substituents is 1. The highest BCUT2D eigenvalue weighted by Gasteiger charge is 2.24. The van der Waals surface area contributed by atoms with Gasteiger partial charge in [-0.1, -0.05) is 13.0 Å². The quantitative estimate of drug-likeness (QED) is 0.552. The van der Waals surface area contributed by atoms with Crippen molar-refractivity contribution in [1.82, 2.24) is 4.90 Å². The number of amides is 1. The standard InChI is InChI=1S/C20H23N3O6S/c1-14-5-4-10-22(13-14)20(24)15-6-3-7-17(11-15)30(27,28)21-18-12-16(23(25)26)8-9-19(18)29-2/h3,6-9,11-12,14,21H,4-5,10,13H2,1-2H3/t14-/m1/s1. The molecule has 9 nitrogen and oxygen atoms in total. The Kier molecular flexibility index (Phi) is 6.25. The van der Waals surface area contributed by atoms with Crippen molar-refractivity contribution in [2.75, 3.05) is 24.9 Å². The Balaban J connectivity index is 1.89. The SMILES string of the molecule is COc1ccc([N+](=O)[O-])cc1NS(=O)(=O)c1cccc(C(=O)N2CCC[C@@H](C)C2)c1. The maximum absolute atomic E-state index is 12.9. The number of nitro groups is 1. The van der Waals surface area contributed by atoms with Gasteiger partial charge in [0, 0.05) is 30.8 Å². The zero-order chi connectivity index (χ0) is 21.9. The molecular formula is C20H23N3O6S. The number of hydrogen-bond acceptors (Lipinski definition) is 6. The fourth-order valence-corrected chi connectivity index (χ4v) is 4.55. The van der Waals surface area contributed by atoms with Crippen LogP contribution in [0.2, 0.25) is 0 Å². The van der Waals surface area contributed by atoms with Crippen molar-refractivity contribution in [3.05, 3.63) is 58.1 Å². The van der Waals surface area contributed by atoms with Crippen LogP contribution >= 0.6 is 0 Å². The summed E-state index contributed by atoms with van der Waals surface area (Å²) in [6.07, 6.45) is 1.98.